The first-order valence-electron chi connectivity index (χ1n) is 8.05. The Bertz CT molecular complexity index is 798. The first-order valence-corrected chi connectivity index (χ1v) is 8.05. The summed E-state index contributed by atoms with van der Waals surface area (Å²) in [6, 6.07) is 8.90. The third kappa shape index (κ3) is 4.99. The standard InChI is InChI=1S/C19H21F2NO5/c1-11(14-7-6-13(24-2)10-16(14)26-4)22-18(23)12-5-8-15(25-3)17(9-12)27-19(20)21/h5-11,19H,1-4H3,(H,22,23). The van der Waals surface area contributed by atoms with Crippen LogP contribution in [0.1, 0.15) is 28.9 Å². The van der Waals surface area contributed by atoms with Crippen LogP contribution in [-0.4, -0.2) is 33.8 Å². The number of alkyl halides is 2. The lowest BCUT2D eigenvalue weighted by molar-refractivity contribution is -0.0512. The zero-order chi connectivity index (χ0) is 20.0. The molecule has 1 unspecified atom stereocenters. The van der Waals surface area contributed by atoms with Crippen molar-refractivity contribution in [2.45, 2.75) is 19.6 Å². The lowest BCUT2D eigenvalue weighted by atomic mass is 10.1. The van der Waals surface area contributed by atoms with Gasteiger partial charge >= 0.3 is 6.61 Å². The van der Waals surface area contributed by atoms with Crippen LogP contribution >= 0.6 is 0 Å². The van der Waals surface area contributed by atoms with Gasteiger partial charge in [0, 0.05) is 17.2 Å². The van der Waals surface area contributed by atoms with E-state index in [1.165, 1.54) is 32.4 Å². The number of carbonyl (C=O) groups is 1. The zero-order valence-corrected chi connectivity index (χ0v) is 15.4. The smallest absolute Gasteiger partial charge is 0.387 e. The van der Waals surface area contributed by atoms with E-state index in [1.807, 2.05) is 0 Å². The van der Waals surface area contributed by atoms with Crippen LogP contribution in [0.15, 0.2) is 36.4 Å². The Morgan fingerprint density at radius 3 is 2.22 bits per heavy atom. The van der Waals surface area contributed by atoms with Crippen molar-refractivity contribution in [1.29, 1.82) is 0 Å². The van der Waals surface area contributed by atoms with Gasteiger partial charge in [-0.2, -0.15) is 8.78 Å². The third-order valence-electron chi connectivity index (χ3n) is 3.90. The monoisotopic (exact) mass is 381 g/mol. The molecule has 0 spiro atoms. The lowest BCUT2D eigenvalue weighted by Crippen LogP contribution is -2.27. The van der Waals surface area contributed by atoms with Crippen molar-refractivity contribution in [2.24, 2.45) is 0 Å². The maximum absolute atomic E-state index is 12.5. The van der Waals surface area contributed by atoms with Crippen LogP contribution in [0, 0.1) is 0 Å². The average molecular weight is 381 g/mol. The van der Waals surface area contributed by atoms with E-state index < -0.39 is 18.6 Å². The van der Waals surface area contributed by atoms with Gasteiger partial charge in [-0.25, -0.2) is 0 Å². The Balaban J connectivity index is 2.21. The molecule has 0 aliphatic heterocycles. The minimum absolute atomic E-state index is 0.108. The highest BCUT2D eigenvalue weighted by Gasteiger charge is 2.18. The molecule has 2 aromatic carbocycles. The molecule has 0 bridgehead atoms. The SMILES string of the molecule is COc1ccc(C(C)NC(=O)c2ccc(OC)c(OC(F)F)c2)c(OC)c1. The summed E-state index contributed by atoms with van der Waals surface area (Å²) in [6.45, 7) is -1.25. The van der Waals surface area contributed by atoms with Gasteiger partial charge in [-0.1, -0.05) is 0 Å². The number of rotatable bonds is 8. The fourth-order valence-electron chi connectivity index (χ4n) is 2.54. The van der Waals surface area contributed by atoms with Crippen molar-refractivity contribution in [3.8, 4) is 23.0 Å². The van der Waals surface area contributed by atoms with Gasteiger partial charge < -0.3 is 24.3 Å². The summed E-state index contributed by atoms with van der Waals surface area (Å²) in [5, 5.41) is 2.80. The predicted octanol–water partition coefficient (Wildman–Crippen LogP) is 3.80. The van der Waals surface area contributed by atoms with Crippen LogP contribution in [-0.2, 0) is 0 Å². The summed E-state index contributed by atoms with van der Waals surface area (Å²) in [5.41, 5.74) is 0.898. The number of amides is 1. The van der Waals surface area contributed by atoms with Crippen molar-refractivity contribution in [3.63, 3.8) is 0 Å². The molecule has 0 saturated carbocycles. The molecule has 0 aliphatic rings. The van der Waals surface area contributed by atoms with Crippen LogP contribution in [0.3, 0.4) is 0 Å². The second-order valence-electron chi connectivity index (χ2n) is 5.55. The second kappa shape index (κ2) is 9.07. The highest BCUT2D eigenvalue weighted by molar-refractivity contribution is 5.95. The number of ether oxygens (including phenoxy) is 4. The average Bonchev–Trinajstić information content (AvgIpc) is 2.66. The largest absolute Gasteiger partial charge is 0.497 e. The molecule has 0 aliphatic carbocycles. The summed E-state index contributed by atoms with van der Waals surface area (Å²) in [7, 11) is 4.39. The molecule has 0 radical (unpaired) electrons. The molecule has 1 amide bonds. The molecule has 8 heteroatoms. The van der Waals surface area contributed by atoms with Crippen molar-refractivity contribution in [1.82, 2.24) is 5.32 Å². The normalized spacial score (nSPS) is 11.7. The molecule has 0 heterocycles. The maximum Gasteiger partial charge on any atom is 0.387 e. The molecule has 146 valence electrons. The van der Waals surface area contributed by atoms with Crippen molar-refractivity contribution >= 4 is 5.91 Å². The molecule has 2 rings (SSSR count). The Hall–Kier alpha value is -3.03. The van der Waals surface area contributed by atoms with Gasteiger partial charge in [-0.15, -0.1) is 0 Å². The number of hydrogen-bond acceptors (Lipinski definition) is 5. The molecule has 2 aromatic rings. The van der Waals surface area contributed by atoms with Gasteiger partial charge in [-0.05, 0) is 37.3 Å². The first-order chi connectivity index (χ1) is 12.9. The molecule has 6 nitrogen and oxygen atoms in total. The Labute approximate surface area is 156 Å². The summed E-state index contributed by atoms with van der Waals surface area (Å²) < 4.78 is 45.0. The molecule has 0 saturated heterocycles. The Morgan fingerprint density at radius 1 is 0.926 bits per heavy atom. The van der Waals surface area contributed by atoms with Gasteiger partial charge in [0.2, 0.25) is 0 Å². The van der Waals surface area contributed by atoms with Crippen LogP contribution < -0.4 is 24.3 Å². The molecule has 1 atom stereocenters. The molecular weight excluding hydrogens is 360 g/mol. The number of methoxy groups -OCH3 is 3. The van der Waals surface area contributed by atoms with E-state index >= 15 is 0 Å². The summed E-state index contributed by atoms with van der Waals surface area (Å²) in [4.78, 5) is 12.5. The van der Waals surface area contributed by atoms with E-state index in [2.05, 4.69) is 10.1 Å². The van der Waals surface area contributed by atoms with Gasteiger partial charge in [0.25, 0.3) is 5.91 Å². The minimum Gasteiger partial charge on any atom is -0.497 e. The van der Waals surface area contributed by atoms with E-state index in [-0.39, 0.29) is 17.1 Å². The van der Waals surface area contributed by atoms with E-state index in [0.717, 1.165) is 5.56 Å². The number of halogens is 2. The Morgan fingerprint density at radius 2 is 1.63 bits per heavy atom. The topological polar surface area (TPSA) is 66.0 Å². The summed E-state index contributed by atoms with van der Waals surface area (Å²) in [6.07, 6.45) is 0. The van der Waals surface area contributed by atoms with Crippen molar-refractivity contribution in [3.05, 3.63) is 47.5 Å². The first kappa shape index (κ1) is 20.3. The van der Waals surface area contributed by atoms with Gasteiger partial charge in [0.1, 0.15) is 11.5 Å². The molecule has 0 fully saturated rings. The quantitative estimate of drug-likeness (QED) is 0.753. The molecular formula is C19H21F2NO5. The van der Waals surface area contributed by atoms with Crippen molar-refractivity contribution < 1.29 is 32.5 Å². The van der Waals surface area contributed by atoms with Gasteiger partial charge in [-0.3, -0.25) is 4.79 Å². The maximum atomic E-state index is 12.5. The number of hydrogen-bond donors (Lipinski definition) is 1. The second-order valence-corrected chi connectivity index (χ2v) is 5.55. The highest BCUT2D eigenvalue weighted by atomic mass is 19.3. The molecule has 0 aromatic heterocycles. The molecule has 1 N–H and O–H groups in total. The number of nitrogens with one attached hydrogen (secondary N) is 1. The van der Waals surface area contributed by atoms with E-state index in [9.17, 15) is 13.6 Å². The summed E-state index contributed by atoms with van der Waals surface area (Å²) in [5.74, 6) is 0.616. The van der Waals surface area contributed by atoms with E-state index in [0.29, 0.717) is 11.5 Å². The Kier molecular flexibility index (Phi) is 6.81. The van der Waals surface area contributed by atoms with Crippen LogP contribution in [0.4, 0.5) is 8.78 Å². The van der Waals surface area contributed by atoms with Crippen LogP contribution in [0.5, 0.6) is 23.0 Å². The fourth-order valence-corrected chi connectivity index (χ4v) is 2.54. The van der Waals surface area contributed by atoms with Crippen LogP contribution in [0.2, 0.25) is 0 Å². The lowest BCUT2D eigenvalue weighted by Gasteiger charge is -2.18. The van der Waals surface area contributed by atoms with E-state index in [4.69, 9.17) is 14.2 Å². The number of carbonyl (C=O) groups excluding carboxylic acids is 1. The van der Waals surface area contributed by atoms with E-state index in [1.54, 1.807) is 32.2 Å². The zero-order valence-electron chi connectivity index (χ0n) is 15.4. The minimum atomic E-state index is -3.03. The summed E-state index contributed by atoms with van der Waals surface area (Å²) >= 11 is 0. The van der Waals surface area contributed by atoms with Gasteiger partial charge in [0.05, 0.1) is 27.4 Å². The third-order valence-corrected chi connectivity index (χ3v) is 3.90. The van der Waals surface area contributed by atoms with Crippen LogP contribution in [0.25, 0.3) is 0 Å². The number of benzene rings is 2. The van der Waals surface area contributed by atoms with Gasteiger partial charge in [0.15, 0.2) is 11.5 Å². The molecule has 27 heavy (non-hydrogen) atoms. The van der Waals surface area contributed by atoms with Crippen molar-refractivity contribution in [2.75, 3.05) is 21.3 Å². The highest BCUT2D eigenvalue weighted by Crippen LogP contribution is 2.31. The predicted molar refractivity (Wildman–Crippen MR) is 95.1 cm³/mol. The fraction of sp³-hybridized carbons (Fsp3) is 0.316.